The zero-order valence-electron chi connectivity index (χ0n) is 24.9. The van der Waals surface area contributed by atoms with Crippen molar-refractivity contribution in [3.63, 3.8) is 0 Å². The molecule has 4 nitrogen and oxygen atoms in total. The SMILES string of the molecule is C=C(C)c1sc(-c2ccc(C)cc2)cc1N1C(=C)CN(Sc2ccc(N3CCCC3C)nc2)CC1C1CCCCC1. The molecule has 2 aromatic heterocycles. The number of thiophene rings is 1. The highest BCUT2D eigenvalue weighted by atomic mass is 32.2. The number of piperazine rings is 1. The van der Waals surface area contributed by atoms with Gasteiger partial charge in [-0.25, -0.2) is 9.29 Å². The molecular formula is C35H44N4S2. The Balaban J connectivity index is 1.27. The quantitative estimate of drug-likeness (QED) is 0.257. The minimum absolute atomic E-state index is 0.403. The Morgan fingerprint density at radius 3 is 2.46 bits per heavy atom. The Labute approximate surface area is 255 Å². The van der Waals surface area contributed by atoms with Gasteiger partial charge in [-0.05, 0) is 93.7 Å². The summed E-state index contributed by atoms with van der Waals surface area (Å²) in [5.41, 5.74) is 6.19. The average molecular weight is 585 g/mol. The molecule has 41 heavy (non-hydrogen) atoms. The largest absolute Gasteiger partial charge is 0.354 e. The number of hydrogen-bond acceptors (Lipinski definition) is 6. The van der Waals surface area contributed by atoms with Crippen molar-refractivity contribution < 1.29 is 0 Å². The van der Waals surface area contributed by atoms with Crippen LogP contribution in [-0.4, -0.2) is 41.0 Å². The van der Waals surface area contributed by atoms with Gasteiger partial charge >= 0.3 is 0 Å². The van der Waals surface area contributed by atoms with Gasteiger partial charge in [0.2, 0.25) is 0 Å². The fourth-order valence-corrected chi connectivity index (χ4v) is 8.96. The summed E-state index contributed by atoms with van der Waals surface area (Å²) in [6, 6.07) is 16.8. The van der Waals surface area contributed by atoms with Crippen molar-refractivity contribution in [2.24, 2.45) is 5.92 Å². The van der Waals surface area contributed by atoms with Crippen molar-refractivity contribution in [3.8, 4) is 10.4 Å². The van der Waals surface area contributed by atoms with Crippen molar-refractivity contribution in [3.05, 3.63) is 78.0 Å². The zero-order chi connectivity index (χ0) is 28.5. The first kappa shape index (κ1) is 28.6. The van der Waals surface area contributed by atoms with Crippen LogP contribution in [0.25, 0.3) is 16.0 Å². The van der Waals surface area contributed by atoms with Gasteiger partial charge in [-0.15, -0.1) is 11.3 Å². The number of hydrogen-bond donors (Lipinski definition) is 0. The van der Waals surface area contributed by atoms with Gasteiger partial charge in [0.15, 0.2) is 0 Å². The van der Waals surface area contributed by atoms with E-state index < -0.39 is 0 Å². The van der Waals surface area contributed by atoms with Gasteiger partial charge in [0.1, 0.15) is 5.82 Å². The summed E-state index contributed by atoms with van der Waals surface area (Å²) < 4.78 is 2.53. The van der Waals surface area contributed by atoms with E-state index in [0.717, 1.165) is 31.0 Å². The fraction of sp³-hybridized carbons (Fsp3) is 0.457. The minimum atomic E-state index is 0.403. The number of nitrogens with zero attached hydrogens (tertiary/aromatic N) is 4. The van der Waals surface area contributed by atoms with E-state index in [9.17, 15) is 0 Å². The molecule has 3 aromatic rings. The van der Waals surface area contributed by atoms with E-state index in [-0.39, 0.29) is 0 Å². The molecule has 2 aliphatic heterocycles. The maximum Gasteiger partial charge on any atom is 0.128 e. The van der Waals surface area contributed by atoms with Crippen molar-refractivity contribution in [1.29, 1.82) is 0 Å². The second-order valence-electron chi connectivity index (χ2n) is 12.3. The van der Waals surface area contributed by atoms with Gasteiger partial charge in [-0.3, -0.25) is 0 Å². The topological polar surface area (TPSA) is 22.6 Å². The summed E-state index contributed by atoms with van der Waals surface area (Å²) in [6.07, 6.45) is 11.2. The number of allylic oxidation sites excluding steroid dienone is 1. The first-order valence-electron chi connectivity index (χ1n) is 15.4. The number of aryl methyl sites for hydroxylation is 1. The molecule has 4 heterocycles. The first-order valence-corrected chi connectivity index (χ1v) is 17.0. The van der Waals surface area contributed by atoms with E-state index in [1.54, 1.807) is 0 Å². The van der Waals surface area contributed by atoms with Crippen LogP contribution >= 0.6 is 23.3 Å². The van der Waals surface area contributed by atoms with Crippen molar-refractivity contribution >= 4 is 40.4 Å². The Morgan fingerprint density at radius 1 is 1.02 bits per heavy atom. The lowest BCUT2D eigenvalue weighted by molar-refractivity contribution is 0.252. The molecule has 6 heteroatoms. The molecule has 2 unspecified atom stereocenters. The number of benzene rings is 1. The summed E-state index contributed by atoms with van der Waals surface area (Å²) in [5.74, 6) is 1.78. The van der Waals surface area contributed by atoms with Crippen molar-refractivity contribution in [2.75, 3.05) is 29.4 Å². The van der Waals surface area contributed by atoms with E-state index in [1.165, 1.54) is 82.1 Å². The van der Waals surface area contributed by atoms with Gasteiger partial charge in [0.05, 0.1) is 16.6 Å². The van der Waals surface area contributed by atoms with Crippen molar-refractivity contribution in [1.82, 2.24) is 9.29 Å². The van der Waals surface area contributed by atoms with E-state index in [4.69, 9.17) is 11.6 Å². The predicted octanol–water partition coefficient (Wildman–Crippen LogP) is 9.43. The van der Waals surface area contributed by atoms with Gasteiger partial charge in [-0.1, -0.05) is 62.2 Å². The van der Waals surface area contributed by atoms with Gasteiger partial charge in [0.25, 0.3) is 0 Å². The Morgan fingerprint density at radius 2 is 1.80 bits per heavy atom. The van der Waals surface area contributed by atoms with E-state index in [1.807, 2.05) is 23.3 Å². The lowest BCUT2D eigenvalue weighted by Gasteiger charge is -2.47. The molecule has 0 radical (unpaired) electrons. The van der Waals surface area contributed by atoms with Crippen LogP contribution < -0.4 is 9.80 Å². The third-order valence-corrected chi connectivity index (χ3v) is 11.4. The van der Waals surface area contributed by atoms with E-state index >= 15 is 0 Å². The Kier molecular flexibility index (Phi) is 8.62. The lowest BCUT2D eigenvalue weighted by Crippen LogP contribution is -2.53. The maximum atomic E-state index is 4.87. The molecule has 0 N–H and O–H groups in total. The standard InChI is InChI=1S/C35H44N4S2/c1-24(2)35-31(20-33(40-35)29-15-13-25(3)14-16-29)39-27(5)22-37(23-32(39)28-11-7-6-8-12-28)41-30-17-18-34(36-21-30)38-19-9-10-26(38)4/h13-18,20-21,26,28,32H,1,5-12,19,22-23H2,2-4H3. The lowest BCUT2D eigenvalue weighted by atomic mass is 9.82. The number of anilines is 2. The van der Waals surface area contributed by atoms with E-state index in [0.29, 0.717) is 18.0 Å². The van der Waals surface area contributed by atoms with Crippen LogP contribution in [0.3, 0.4) is 0 Å². The molecule has 2 atom stereocenters. The molecule has 1 saturated carbocycles. The Bertz CT molecular complexity index is 1370. The maximum absolute atomic E-state index is 4.87. The monoisotopic (exact) mass is 584 g/mol. The first-order chi connectivity index (χ1) is 19.9. The molecule has 3 aliphatic rings. The molecule has 1 aliphatic carbocycles. The second kappa shape index (κ2) is 12.4. The molecule has 0 spiro atoms. The van der Waals surface area contributed by atoms with E-state index in [2.05, 4.69) is 90.1 Å². The van der Waals surface area contributed by atoms with Crippen LogP contribution in [0.4, 0.5) is 11.5 Å². The summed E-state index contributed by atoms with van der Waals surface area (Å²) in [5, 5.41) is 0. The summed E-state index contributed by atoms with van der Waals surface area (Å²) in [4.78, 5) is 13.7. The minimum Gasteiger partial charge on any atom is -0.354 e. The number of rotatable bonds is 7. The highest BCUT2D eigenvalue weighted by Crippen LogP contribution is 2.46. The van der Waals surface area contributed by atoms with Crippen LogP contribution in [0, 0.1) is 12.8 Å². The van der Waals surface area contributed by atoms with Crippen LogP contribution in [0.15, 0.2) is 72.4 Å². The van der Waals surface area contributed by atoms with Crippen LogP contribution in [-0.2, 0) is 0 Å². The molecule has 0 amide bonds. The van der Waals surface area contributed by atoms with Crippen LogP contribution in [0.5, 0.6) is 0 Å². The van der Waals surface area contributed by atoms with Crippen LogP contribution in [0.2, 0.25) is 0 Å². The smallest absolute Gasteiger partial charge is 0.128 e. The van der Waals surface area contributed by atoms with Gasteiger partial charge in [0, 0.05) is 47.3 Å². The summed E-state index contributed by atoms with van der Waals surface area (Å²) in [6.45, 7) is 18.7. The molecule has 0 bridgehead atoms. The highest BCUT2D eigenvalue weighted by Gasteiger charge is 2.38. The third kappa shape index (κ3) is 6.16. The molecule has 2 saturated heterocycles. The third-order valence-electron chi connectivity index (χ3n) is 9.11. The highest BCUT2D eigenvalue weighted by molar-refractivity contribution is 7.97. The van der Waals surface area contributed by atoms with Crippen molar-refractivity contribution in [2.45, 2.75) is 82.7 Å². The number of aromatic nitrogens is 1. The second-order valence-corrected chi connectivity index (χ2v) is 14.5. The summed E-state index contributed by atoms with van der Waals surface area (Å²) in [7, 11) is 0. The molecule has 1 aromatic carbocycles. The summed E-state index contributed by atoms with van der Waals surface area (Å²) >= 11 is 3.72. The van der Waals surface area contributed by atoms with Crippen LogP contribution in [0.1, 0.15) is 69.2 Å². The molecule has 6 rings (SSSR count). The molecule has 3 fully saturated rings. The fourth-order valence-electron chi connectivity index (χ4n) is 6.91. The molecular weight excluding hydrogens is 541 g/mol. The predicted molar refractivity (Wildman–Crippen MR) is 179 cm³/mol. The Hall–Kier alpha value is -2.54. The normalized spacial score (nSPS) is 22.5. The average Bonchev–Trinajstić information content (AvgIpc) is 3.61. The van der Waals surface area contributed by atoms with Gasteiger partial charge in [-0.2, -0.15) is 0 Å². The molecule has 216 valence electrons. The number of pyridine rings is 1. The zero-order valence-corrected chi connectivity index (χ0v) is 26.6. The van der Waals surface area contributed by atoms with Gasteiger partial charge < -0.3 is 9.80 Å².